The molecule has 2 aromatic rings. The van der Waals surface area contributed by atoms with E-state index in [9.17, 15) is 13.2 Å². The molecule has 0 aliphatic carbocycles. The van der Waals surface area contributed by atoms with Crippen molar-refractivity contribution in [1.29, 1.82) is 0 Å². The zero-order valence-corrected chi connectivity index (χ0v) is 9.46. The van der Waals surface area contributed by atoms with Gasteiger partial charge in [0.05, 0.1) is 5.56 Å². The van der Waals surface area contributed by atoms with Gasteiger partial charge in [-0.2, -0.15) is 13.2 Å². The third-order valence-corrected chi connectivity index (χ3v) is 2.62. The van der Waals surface area contributed by atoms with Crippen LogP contribution >= 0.6 is 0 Å². The Labute approximate surface area is 103 Å². The quantitative estimate of drug-likeness (QED) is 0.865. The highest BCUT2D eigenvalue weighted by Gasteiger charge is 2.33. The zero-order chi connectivity index (χ0) is 13.2. The zero-order valence-electron chi connectivity index (χ0n) is 9.46. The lowest BCUT2D eigenvalue weighted by atomic mass is 9.98. The molecular weight excluding hydrogens is 239 g/mol. The molecule has 4 heteroatoms. The number of alkyl halides is 3. The highest BCUT2D eigenvalue weighted by atomic mass is 19.4. The van der Waals surface area contributed by atoms with Crippen molar-refractivity contribution >= 4 is 0 Å². The van der Waals surface area contributed by atoms with Crippen LogP contribution in [0.5, 0.6) is 0 Å². The van der Waals surface area contributed by atoms with Crippen LogP contribution in [0.4, 0.5) is 13.2 Å². The Hall–Kier alpha value is -1.81. The first-order valence-electron chi connectivity index (χ1n) is 5.39. The summed E-state index contributed by atoms with van der Waals surface area (Å²) in [5.41, 5.74) is 6.18. The number of nitrogens with two attached hydrogens (primary N) is 1. The second kappa shape index (κ2) is 4.82. The minimum Gasteiger partial charge on any atom is -0.326 e. The molecule has 0 unspecified atom stereocenters. The summed E-state index contributed by atoms with van der Waals surface area (Å²) in [6.07, 6.45) is -4.36. The van der Waals surface area contributed by atoms with Crippen molar-refractivity contribution in [3.8, 4) is 11.1 Å². The molecular formula is C14H11F3N. The second-order valence-electron chi connectivity index (χ2n) is 3.85. The molecule has 0 atom stereocenters. The molecule has 0 aromatic heterocycles. The van der Waals surface area contributed by atoms with E-state index in [0.717, 1.165) is 6.07 Å². The van der Waals surface area contributed by atoms with E-state index in [1.807, 2.05) is 0 Å². The molecule has 0 amide bonds. The maximum Gasteiger partial charge on any atom is 0.417 e. The first-order chi connectivity index (χ1) is 8.52. The van der Waals surface area contributed by atoms with E-state index in [0.29, 0.717) is 11.1 Å². The summed E-state index contributed by atoms with van der Waals surface area (Å²) < 4.78 is 38.7. The van der Waals surface area contributed by atoms with Crippen LogP contribution in [0.15, 0.2) is 42.5 Å². The van der Waals surface area contributed by atoms with Crippen molar-refractivity contribution in [2.24, 2.45) is 5.73 Å². The van der Waals surface area contributed by atoms with Crippen LogP contribution in [-0.4, -0.2) is 0 Å². The summed E-state index contributed by atoms with van der Waals surface area (Å²) in [5.74, 6) is 0. The van der Waals surface area contributed by atoms with Gasteiger partial charge in [0, 0.05) is 6.54 Å². The summed E-state index contributed by atoms with van der Waals surface area (Å²) >= 11 is 0. The van der Waals surface area contributed by atoms with Crippen molar-refractivity contribution in [2.75, 3.05) is 0 Å². The van der Waals surface area contributed by atoms with Crippen LogP contribution in [0.25, 0.3) is 11.1 Å². The van der Waals surface area contributed by atoms with E-state index >= 15 is 0 Å². The van der Waals surface area contributed by atoms with Gasteiger partial charge < -0.3 is 5.73 Å². The summed E-state index contributed by atoms with van der Waals surface area (Å²) in [7, 11) is 0. The van der Waals surface area contributed by atoms with Gasteiger partial charge in [-0.1, -0.05) is 30.3 Å². The van der Waals surface area contributed by atoms with E-state index in [2.05, 4.69) is 6.07 Å². The monoisotopic (exact) mass is 250 g/mol. The second-order valence-corrected chi connectivity index (χ2v) is 3.85. The number of hydrogen-bond acceptors (Lipinski definition) is 1. The van der Waals surface area contributed by atoms with Crippen LogP contribution < -0.4 is 5.73 Å². The van der Waals surface area contributed by atoms with Gasteiger partial charge in [-0.25, -0.2) is 0 Å². The molecule has 2 N–H and O–H groups in total. The van der Waals surface area contributed by atoms with Gasteiger partial charge in [0.2, 0.25) is 0 Å². The topological polar surface area (TPSA) is 26.0 Å². The first kappa shape index (κ1) is 12.6. The SMILES string of the molecule is NCc1[c]ccc(-c2ccccc2C(F)(F)F)c1. The van der Waals surface area contributed by atoms with Gasteiger partial charge in [0.25, 0.3) is 0 Å². The molecule has 2 aromatic carbocycles. The lowest BCUT2D eigenvalue weighted by molar-refractivity contribution is -0.137. The molecule has 0 fully saturated rings. The Kier molecular flexibility index (Phi) is 3.39. The standard InChI is InChI=1S/C14H11F3N/c15-14(16,17)13-7-2-1-6-12(13)11-5-3-4-10(8-11)9-18/h1-3,5-8H,9,18H2. The lowest BCUT2D eigenvalue weighted by Gasteiger charge is -2.13. The average molecular weight is 250 g/mol. The molecule has 1 nitrogen and oxygen atoms in total. The first-order valence-corrected chi connectivity index (χ1v) is 5.39. The van der Waals surface area contributed by atoms with Crippen LogP contribution in [0, 0.1) is 6.07 Å². The molecule has 0 heterocycles. The van der Waals surface area contributed by atoms with Gasteiger partial charge in [-0.05, 0) is 34.9 Å². The maximum absolute atomic E-state index is 12.9. The van der Waals surface area contributed by atoms with E-state index < -0.39 is 11.7 Å². The van der Waals surface area contributed by atoms with E-state index in [4.69, 9.17) is 5.73 Å². The van der Waals surface area contributed by atoms with E-state index in [-0.39, 0.29) is 12.1 Å². The molecule has 0 aliphatic rings. The third-order valence-electron chi connectivity index (χ3n) is 2.62. The molecule has 0 bridgehead atoms. The Morgan fingerprint density at radius 2 is 1.83 bits per heavy atom. The highest BCUT2D eigenvalue weighted by molar-refractivity contribution is 5.68. The van der Waals surface area contributed by atoms with Crippen LogP contribution in [-0.2, 0) is 12.7 Å². The van der Waals surface area contributed by atoms with E-state index in [1.54, 1.807) is 24.3 Å². The van der Waals surface area contributed by atoms with Crippen molar-refractivity contribution < 1.29 is 13.2 Å². The van der Waals surface area contributed by atoms with Crippen LogP contribution in [0.2, 0.25) is 0 Å². The molecule has 0 saturated carbocycles. The lowest BCUT2D eigenvalue weighted by Crippen LogP contribution is -2.07. The molecule has 1 radical (unpaired) electrons. The Morgan fingerprint density at radius 1 is 1.11 bits per heavy atom. The fraction of sp³-hybridized carbons (Fsp3) is 0.143. The van der Waals surface area contributed by atoms with Crippen molar-refractivity contribution in [3.63, 3.8) is 0 Å². The minimum absolute atomic E-state index is 0.161. The number of benzene rings is 2. The fourth-order valence-corrected chi connectivity index (χ4v) is 1.78. The summed E-state index contributed by atoms with van der Waals surface area (Å²) in [6.45, 7) is 0.252. The summed E-state index contributed by atoms with van der Waals surface area (Å²) in [4.78, 5) is 0. The molecule has 0 saturated heterocycles. The largest absolute Gasteiger partial charge is 0.417 e. The smallest absolute Gasteiger partial charge is 0.326 e. The Bertz CT molecular complexity index is 547. The molecule has 18 heavy (non-hydrogen) atoms. The number of halogens is 3. The van der Waals surface area contributed by atoms with Crippen molar-refractivity contribution in [2.45, 2.75) is 12.7 Å². The molecule has 2 rings (SSSR count). The van der Waals surface area contributed by atoms with Gasteiger partial charge in [0.15, 0.2) is 0 Å². The third kappa shape index (κ3) is 2.54. The fourth-order valence-electron chi connectivity index (χ4n) is 1.78. The van der Waals surface area contributed by atoms with Crippen molar-refractivity contribution in [3.05, 3.63) is 59.7 Å². The maximum atomic E-state index is 12.9. The van der Waals surface area contributed by atoms with Gasteiger partial charge in [0.1, 0.15) is 0 Å². The summed E-state index contributed by atoms with van der Waals surface area (Å²) in [5, 5.41) is 0. The Morgan fingerprint density at radius 3 is 2.50 bits per heavy atom. The van der Waals surface area contributed by atoms with Crippen LogP contribution in [0.3, 0.4) is 0 Å². The predicted molar refractivity (Wildman–Crippen MR) is 63.6 cm³/mol. The molecule has 93 valence electrons. The molecule has 0 aliphatic heterocycles. The van der Waals surface area contributed by atoms with Gasteiger partial charge in [-0.15, -0.1) is 0 Å². The molecule has 0 spiro atoms. The Balaban J connectivity index is 2.57. The highest BCUT2D eigenvalue weighted by Crippen LogP contribution is 2.36. The minimum atomic E-state index is -4.36. The van der Waals surface area contributed by atoms with Crippen LogP contribution in [0.1, 0.15) is 11.1 Å². The number of rotatable bonds is 2. The predicted octanol–water partition coefficient (Wildman–Crippen LogP) is 3.63. The average Bonchev–Trinajstić information content (AvgIpc) is 2.38. The van der Waals surface area contributed by atoms with Gasteiger partial charge >= 0.3 is 6.18 Å². The van der Waals surface area contributed by atoms with E-state index in [1.165, 1.54) is 12.1 Å². The van der Waals surface area contributed by atoms with Crippen molar-refractivity contribution in [1.82, 2.24) is 0 Å². The number of hydrogen-bond donors (Lipinski definition) is 1. The van der Waals surface area contributed by atoms with Gasteiger partial charge in [-0.3, -0.25) is 0 Å². The normalized spacial score (nSPS) is 11.6. The summed E-state index contributed by atoms with van der Waals surface area (Å²) in [6, 6.07) is 13.2.